The average Bonchev–Trinajstić information content (AvgIpc) is 2.78. The van der Waals surface area contributed by atoms with Gasteiger partial charge in [-0.25, -0.2) is 4.39 Å². The van der Waals surface area contributed by atoms with Crippen LogP contribution in [0.1, 0.15) is 19.7 Å². The van der Waals surface area contributed by atoms with E-state index in [1.54, 1.807) is 11.8 Å². The highest BCUT2D eigenvalue weighted by atomic mass is 32.2. The molecule has 1 heterocycles. The molecule has 0 saturated carbocycles. The Morgan fingerprint density at radius 2 is 2.22 bits per heavy atom. The fourth-order valence-corrected chi connectivity index (χ4v) is 1.98. The van der Waals surface area contributed by atoms with Crippen LogP contribution in [0.2, 0.25) is 0 Å². The van der Waals surface area contributed by atoms with Gasteiger partial charge in [-0.05, 0) is 23.4 Å². The quantitative estimate of drug-likeness (QED) is 0.862. The van der Waals surface area contributed by atoms with Crippen LogP contribution in [0.25, 0.3) is 11.5 Å². The monoisotopic (exact) mass is 267 g/mol. The molecule has 0 unspecified atom stereocenters. The zero-order valence-corrected chi connectivity index (χ0v) is 11.0. The zero-order chi connectivity index (χ0) is 13.1. The van der Waals surface area contributed by atoms with Gasteiger partial charge in [-0.1, -0.05) is 19.0 Å². The van der Waals surface area contributed by atoms with E-state index in [0.29, 0.717) is 28.1 Å². The van der Waals surface area contributed by atoms with Crippen molar-refractivity contribution in [1.29, 1.82) is 0 Å². The molecule has 96 valence electrons. The lowest BCUT2D eigenvalue weighted by Gasteiger charge is -2.00. The molecule has 0 radical (unpaired) electrons. The summed E-state index contributed by atoms with van der Waals surface area (Å²) in [5.41, 5.74) is 6.61. The van der Waals surface area contributed by atoms with Gasteiger partial charge in [0.15, 0.2) is 5.82 Å². The highest BCUT2D eigenvalue weighted by Gasteiger charge is 2.13. The van der Waals surface area contributed by atoms with Crippen LogP contribution in [0.4, 0.5) is 10.1 Å². The Balaban J connectivity index is 2.21. The van der Waals surface area contributed by atoms with Crippen LogP contribution in [0.15, 0.2) is 22.7 Å². The van der Waals surface area contributed by atoms with E-state index >= 15 is 0 Å². The molecule has 4 nitrogen and oxygen atoms in total. The number of nitrogen functional groups attached to an aromatic ring is 1. The second-order valence-corrected chi connectivity index (χ2v) is 5.67. The van der Waals surface area contributed by atoms with Gasteiger partial charge in [-0.3, -0.25) is 0 Å². The summed E-state index contributed by atoms with van der Waals surface area (Å²) in [6, 6.07) is 4.07. The Morgan fingerprint density at radius 1 is 1.44 bits per heavy atom. The summed E-state index contributed by atoms with van der Waals surface area (Å²) in [5, 5.41) is 4.34. The predicted molar refractivity (Wildman–Crippen MR) is 70.5 cm³/mol. The Bertz CT molecular complexity index is 542. The number of hydrogen-bond donors (Lipinski definition) is 1. The van der Waals surface area contributed by atoms with Crippen molar-refractivity contribution in [3.63, 3.8) is 0 Å². The maximum Gasteiger partial charge on any atom is 0.260 e. The van der Waals surface area contributed by atoms with Crippen molar-refractivity contribution < 1.29 is 8.91 Å². The van der Waals surface area contributed by atoms with Gasteiger partial charge in [0.1, 0.15) is 5.82 Å². The van der Waals surface area contributed by atoms with Crippen molar-refractivity contribution >= 4 is 17.4 Å². The number of anilines is 1. The second-order valence-electron chi connectivity index (χ2n) is 4.11. The maximum atomic E-state index is 13.1. The number of hydrogen-bond acceptors (Lipinski definition) is 5. The van der Waals surface area contributed by atoms with Crippen molar-refractivity contribution in [3.05, 3.63) is 29.8 Å². The molecule has 2 N–H and O–H groups in total. The Morgan fingerprint density at radius 3 is 2.94 bits per heavy atom. The molecule has 18 heavy (non-hydrogen) atoms. The van der Waals surface area contributed by atoms with E-state index in [1.165, 1.54) is 18.2 Å². The van der Waals surface area contributed by atoms with Crippen molar-refractivity contribution in [1.82, 2.24) is 10.1 Å². The van der Waals surface area contributed by atoms with Crippen molar-refractivity contribution in [2.45, 2.75) is 24.9 Å². The van der Waals surface area contributed by atoms with Gasteiger partial charge in [0.25, 0.3) is 5.89 Å². The normalized spacial score (nSPS) is 11.1. The minimum atomic E-state index is -0.379. The molecule has 0 spiro atoms. The summed E-state index contributed by atoms with van der Waals surface area (Å²) in [6.45, 7) is 4.19. The lowest BCUT2D eigenvalue weighted by atomic mass is 10.2. The minimum Gasteiger partial charge on any atom is -0.398 e. The van der Waals surface area contributed by atoms with E-state index in [1.807, 2.05) is 0 Å². The van der Waals surface area contributed by atoms with Crippen LogP contribution in [0.3, 0.4) is 0 Å². The molecule has 0 aliphatic carbocycles. The van der Waals surface area contributed by atoms with Gasteiger partial charge in [-0.15, -0.1) is 0 Å². The fraction of sp³-hybridized carbons (Fsp3) is 0.333. The van der Waals surface area contributed by atoms with Gasteiger partial charge in [0.05, 0.1) is 11.3 Å². The average molecular weight is 267 g/mol. The summed E-state index contributed by atoms with van der Waals surface area (Å²) in [4.78, 5) is 4.21. The first kappa shape index (κ1) is 12.9. The summed E-state index contributed by atoms with van der Waals surface area (Å²) < 4.78 is 18.2. The molecule has 0 aliphatic heterocycles. The Hall–Kier alpha value is -1.56. The molecule has 0 fully saturated rings. The standard InChI is InChI=1S/C12H14FN3OS/c1-7(2)18-6-11-15-12(17-16-11)9-5-8(13)3-4-10(9)14/h3-5,7H,6,14H2,1-2H3. The van der Waals surface area contributed by atoms with Crippen LogP contribution in [-0.4, -0.2) is 15.4 Å². The molecule has 0 aliphatic rings. The lowest BCUT2D eigenvalue weighted by molar-refractivity contribution is 0.425. The number of aromatic nitrogens is 2. The molecular formula is C12H14FN3OS. The second kappa shape index (κ2) is 5.39. The van der Waals surface area contributed by atoms with E-state index in [-0.39, 0.29) is 11.7 Å². The third-order valence-electron chi connectivity index (χ3n) is 2.26. The van der Waals surface area contributed by atoms with Crippen molar-refractivity contribution in [3.8, 4) is 11.5 Å². The Kier molecular flexibility index (Phi) is 3.86. The zero-order valence-electron chi connectivity index (χ0n) is 10.2. The third kappa shape index (κ3) is 3.01. The molecule has 0 amide bonds. The Labute approximate surface area is 109 Å². The SMILES string of the molecule is CC(C)SCc1noc(-c2cc(F)ccc2N)n1. The summed E-state index contributed by atoms with van der Waals surface area (Å²) in [6.07, 6.45) is 0. The van der Waals surface area contributed by atoms with Gasteiger partial charge >= 0.3 is 0 Å². The van der Waals surface area contributed by atoms with E-state index in [2.05, 4.69) is 24.0 Å². The number of thioether (sulfide) groups is 1. The first-order valence-corrected chi connectivity index (χ1v) is 6.60. The first-order valence-electron chi connectivity index (χ1n) is 5.56. The van der Waals surface area contributed by atoms with E-state index < -0.39 is 0 Å². The van der Waals surface area contributed by atoms with Gasteiger partial charge in [0, 0.05) is 5.69 Å². The molecule has 0 atom stereocenters. The highest BCUT2D eigenvalue weighted by Crippen LogP contribution is 2.26. The lowest BCUT2D eigenvalue weighted by Crippen LogP contribution is -1.92. The predicted octanol–water partition coefficient (Wildman–Crippen LogP) is 3.10. The van der Waals surface area contributed by atoms with Gasteiger partial charge in [-0.2, -0.15) is 16.7 Å². The highest BCUT2D eigenvalue weighted by molar-refractivity contribution is 7.99. The van der Waals surface area contributed by atoms with Gasteiger partial charge in [0.2, 0.25) is 0 Å². The van der Waals surface area contributed by atoms with Crippen LogP contribution in [-0.2, 0) is 5.75 Å². The van der Waals surface area contributed by atoms with Gasteiger partial charge < -0.3 is 10.3 Å². The maximum absolute atomic E-state index is 13.1. The van der Waals surface area contributed by atoms with E-state index in [4.69, 9.17) is 10.3 Å². The number of halogens is 1. The van der Waals surface area contributed by atoms with Crippen LogP contribution < -0.4 is 5.73 Å². The van der Waals surface area contributed by atoms with Crippen LogP contribution in [0, 0.1) is 5.82 Å². The van der Waals surface area contributed by atoms with E-state index in [9.17, 15) is 4.39 Å². The number of nitrogens with zero attached hydrogens (tertiary/aromatic N) is 2. The van der Waals surface area contributed by atoms with Crippen LogP contribution >= 0.6 is 11.8 Å². The molecule has 6 heteroatoms. The molecule has 0 saturated heterocycles. The summed E-state index contributed by atoms with van der Waals surface area (Å²) in [5.74, 6) is 1.13. The van der Waals surface area contributed by atoms with Crippen molar-refractivity contribution in [2.75, 3.05) is 5.73 Å². The largest absolute Gasteiger partial charge is 0.398 e. The molecule has 2 aromatic rings. The summed E-state index contributed by atoms with van der Waals surface area (Å²) >= 11 is 1.71. The number of nitrogens with two attached hydrogens (primary N) is 1. The topological polar surface area (TPSA) is 64.9 Å². The minimum absolute atomic E-state index is 0.256. The first-order chi connectivity index (χ1) is 8.56. The fourth-order valence-electron chi connectivity index (χ4n) is 1.38. The smallest absolute Gasteiger partial charge is 0.260 e. The van der Waals surface area contributed by atoms with Crippen LogP contribution in [0.5, 0.6) is 0 Å². The number of rotatable bonds is 4. The molecule has 2 rings (SSSR count). The van der Waals surface area contributed by atoms with E-state index in [0.717, 1.165) is 0 Å². The third-order valence-corrected chi connectivity index (χ3v) is 3.35. The number of benzene rings is 1. The molecule has 1 aromatic carbocycles. The van der Waals surface area contributed by atoms with Crippen molar-refractivity contribution in [2.24, 2.45) is 0 Å². The molecule has 1 aromatic heterocycles. The molecule has 0 bridgehead atoms. The summed E-state index contributed by atoms with van der Waals surface area (Å²) in [7, 11) is 0. The molecular weight excluding hydrogens is 253 g/mol.